The molecular formula is C37H43F3N6O7S. The molecule has 2 N–H and O–H groups in total. The number of ether oxygens (including phenoxy) is 3. The number of anilines is 1. The molecule has 1 amide bonds. The van der Waals surface area contributed by atoms with E-state index >= 15 is 4.39 Å². The van der Waals surface area contributed by atoms with Crippen molar-refractivity contribution in [2.45, 2.75) is 39.0 Å². The van der Waals surface area contributed by atoms with Crippen LogP contribution in [0.1, 0.15) is 43.1 Å². The summed E-state index contributed by atoms with van der Waals surface area (Å²) in [6, 6.07) is 10.5. The minimum absolute atomic E-state index is 0.00240. The van der Waals surface area contributed by atoms with Crippen molar-refractivity contribution in [3.05, 3.63) is 77.6 Å². The first kappa shape index (κ1) is 39.0. The highest BCUT2D eigenvalue weighted by atomic mass is 32.2. The summed E-state index contributed by atoms with van der Waals surface area (Å²) in [5.41, 5.74) is -0.509. The van der Waals surface area contributed by atoms with Gasteiger partial charge in [-0.15, -0.1) is 0 Å². The van der Waals surface area contributed by atoms with Crippen molar-refractivity contribution in [3.63, 3.8) is 0 Å². The Hall–Kier alpha value is -4.71. The summed E-state index contributed by atoms with van der Waals surface area (Å²) in [5, 5.41) is 0.302. The van der Waals surface area contributed by atoms with Gasteiger partial charge in [0.25, 0.3) is 0 Å². The number of fused-ring (bicyclic) bond motifs is 1. The number of benzene rings is 2. The fourth-order valence-electron chi connectivity index (χ4n) is 6.17. The maximum absolute atomic E-state index is 15.6. The zero-order valence-electron chi connectivity index (χ0n) is 30.2. The Kier molecular flexibility index (Phi) is 11.8. The molecule has 2 aromatic carbocycles. The van der Waals surface area contributed by atoms with Crippen LogP contribution in [-0.4, -0.2) is 122 Å². The number of carbonyl (C=O) groups excluding carboxylic acids is 2. The van der Waals surface area contributed by atoms with Gasteiger partial charge in [-0.25, -0.2) is 22.9 Å². The highest BCUT2D eigenvalue weighted by molar-refractivity contribution is 7.90. The minimum atomic E-state index is -4.35. The van der Waals surface area contributed by atoms with Crippen LogP contribution in [0.15, 0.2) is 54.9 Å². The van der Waals surface area contributed by atoms with Crippen LogP contribution < -0.4 is 9.46 Å². The molecule has 2 saturated heterocycles. The van der Waals surface area contributed by atoms with E-state index in [1.807, 2.05) is 37.6 Å². The number of halogens is 3. The molecule has 2 aliphatic rings. The predicted molar refractivity (Wildman–Crippen MR) is 196 cm³/mol. The van der Waals surface area contributed by atoms with E-state index in [9.17, 15) is 26.8 Å². The van der Waals surface area contributed by atoms with Gasteiger partial charge in [0.05, 0.1) is 24.5 Å². The van der Waals surface area contributed by atoms with Gasteiger partial charge in [-0.1, -0.05) is 12.1 Å². The molecule has 2 aliphatic heterocycles. The molecule has 4 aromatic rings. The lowest BCUT2D eigenvalue weighted by molar-refractivity contribution is 0.0108. The summed E-state index contributed by atoms with van der Waals surface area (Å²) in [6.07, 6.45) is 1.24. The number of nitrogens with one attached hydrogen (secondary N) is 2. The molecule has 2 fully saturated rings. The first-order chi connectivity index (χ1) is 25.7. The van der Waals surface area contributed by atoms with E-state index in [1.54, 1.807) is 29.3 Å². The lowest BCUT2D eigenvalue weighted by Crippen LogP contribution is -2.50. The van der Waals surface area contributed by atoms with Crippen molar-refractivity contribution in [1.82, 2.24) is 24.1 Å². The average molecular weight is 773 g/mol. The fourth-order valence-corrected chi connectivity index (χ4v) is 7.44. The summed E-state index contributed by atoms with van der Waals surface area (Å²) >= 11 is 0. The van der Waals surface area contributed by atoms with Crippen LogP contribution in [0.3, 0.4) is 0 Å². The summed E-state index contributed by atoms with van der Waals surface area (Å²) in [7, 11) is -4.35. The van der Waals surface area contributed by atoms with E-state index in [1.165, 1.54) is 6.20 Å². The van der Waals surface area contributed by atoms with Crippen molar-refractivity contribution in [2.24, 2.45) is 0 Å². The minimum Gasteiger partial charge on any atom is -0.491 e. The van der Waals surface area contributed by atoms with Crippen LogP contribution in [0.5, 0.6) is 5.75 Å². The second-order valence-electron chi connectivity index (χ2n) is 14.1. The van der Waals surface area contributed by atoms with Gasteiger partial charge in [0.2, 0.25) is 5.78 Å². The molecule has 0 radical (unpaired) electrons. The number of nitrogens with zero attached hydrogens (tertiary/aromatic N) is 4. The number of ketones is 1. The number of pyridine rings is 1. The Morgan fingerprint density at radius 3 is 2.41 bits per heavy atom. The van der Waals surface area contributed by atoms with Crippen molar-refractivity contribution in [2.75, 3.05) is 70.4 Å². The molecule has 1 atom stereocenters. The maximum atomic E-state index is 15.6. The number of hydrogen-bond acceptors (Lipinski definition) is 9. The van der Waals surface area contributed by atoms with E-state index in [0.717, 1.165) is 41.6 Å². The summed E-state index contributed by atoms with van der Waals surface area (Å²) in [5.74, 6) is -2.98. The Labute approximate surface area is 311 Å². The molecule has 0 spiro atoms. The average Bonchev–Trinajstić information content (AvgIpc) is 3.77. The Bertz CT molecular complexity index is 2080. The van der Waals surface area contributed by atoms with Gasteiger partial charge in [0, 0.05) is 74.7 Å². The number of aromatic amines is 1. The number of H-pyrrole nitrogens is 1. The SMILES string of the molecule is CC(C)(C)OC(=O)N1CCN(CCOCCOc2ccc(-c3cnc4[nH]cc(C(=O)c5c(F)ccc(NS(=O)(=O)N6CC[C@@H](F)C6)c5F)c4c3)cc2)CC1. The van der Waals surface area contributed by atoms with Gasteiger partial charge in [-0.3, -0.25) is 14.4 Å². The van der Waals surface area contributed by atoms with E-state index < -0.39 is 50.7 Å². The van der Waals surface area contributed by atoms with Crippen LogP contribution in [0.4, 0.5) is 23.7 Å². The van der Waals surface area contributed by atoms with Crippen LogP contribution >= 0.6 is 0 Å². The third-order valence-corrected chi connectivity index (χ3v) is 10.5. The fraction of sp³-hybridized carbons (Fsp3) is 0.432. The van der Waals surface area contributed by atoms with Gasteiger partial charge in [-0.2, -0.15) is 12.7 Å². The molecule has 2 aromatic heterocycles. The largest absolute Gasteiger partial charge is 0.491 e. The van der Waals surface area contributed by atoms with E-state index in [4.69, 9.17) is 14.2 Å². The number of hydrogen-bond donors (Lipinski definition) is 2. The summed E-state index contributed by atoms with van der Waals surface area (Å²) < 4.78 is 89.5. The predicted octanol–water partition coefficient (Wildman–Crippen LogP) is 5.39. The number of amides is 1. The van der Waals surface area contributed by atoms with Crippen molar-refractivity contribution >= 4 is 38.8 Å². The zero-order valence-corrected chi connectivity index (χ0v) is 31.1. The third-order valence-electron chi connectivity index (χ3n) is 9.03. The number of rotatable bonds is 13. The van der Waals surface area contributed by atoms with E-state index in [0.29, 0.717) is 55.3 Å². The molecule has 17 heteroatoms. The molecule has 0 saturated carbocycles. The van der Waals surface area contributed by atoms with Crippen LogP contribution in [0.25, 0.3) is 22.2 Å². The standard InChI is InChI=1S/C37H43F3N6O7S/c1-37(2,3)53-36(48)45-14-12-44(13-15-45)16-17-51-18-19-52-27-6-4-24(5-7-27)25-20-28-29(22-42-35(28)41-21-25)34(47)32-30(39)8-9-31(33(32)40)43-54(49,50)46-11-10-26(38)23-46/h4-9,20-22,26,43H,10-19,23H2,1-3H3,(H,41,42)/t26-/m1/s1. The van der Waals surface area contributed by atoms with Gasteiger partial charge in [0.15, 0.2) is 5.82 Å². The van der Waals surface area contributed by atoms with Crippen molar-refractivity contribution in [3.8, 4) is 16.9 Å². The number of carbonyl (C=O) groups is 2. The normalized spacial score (nSPS) is 17.2. The van der Waals surface area contributed by atoms with Gasteiger partial charge in [-0.05, 0) is 63.1 Å². The quantitative estimate of drug-likeness (QED) is 0.135. The molecule has 4 heterocycles. The van der Waals surface area contributed by atoms with Crippen LogP contribution in [0.2, 0.25) is 0 Å². The first-order valence-electron chi connectivity index (χ1n) is 17.6. The summed E-state index contributed by atoms with van der Waals surface area (Å²) in [4.78, 5) is 37.0. The number of alkyl halides is 1. The smallest absolute Gasteiger partial charge is 0.410 e. The van der Waals surface area contributed by atoms with Gasteiger partial charge < -0.3 is 24.1 Å². The molecule has 0 unspecified atom stereocenters. The highest BCUT2D eigenvalue weighted by Crippen LogP contribution is 2.31. The second-order valence-corrected chi connectivity index (χ2v) is 15.8. The Balaban J connectivity index is 1.02. The van der Waals surface area contributed by atoms with Gasteiger partial charge in [0.1, 0.15) is 35.6 Å². The van der Waals surface area contributed by atoms with Crippen LogP contribution in [-0.2, 0) is 19.7 Å². The highest BCUT2D eigenvalue weighted by Gasteiger charge is 2.33. The molecule has 54 heavy (non-hydrogen) atoms. The van der Waals surface area contributed by atoms with Crippen molar-refractivity contribution in [1.29, 1.82) is 0 Å². The number of aromatic nitrogens is 2. The topological polar surface area (TPSA) is 146 Å². The lowest BCUT2D eigenvalue weighted by atomic mass is 10.00. The Morgan fingerprint density at radius 2 is 1.72 bits per heavy atom. The second kappa shape index (κ2) is 16.3. The van der Waals surface area contributed by atoms with Crippen LogP contribution in [0, 0.1) is 11.6 Å². The Morgan fingerprint density at radius 1 is 0.981 bits per heavy atom. The molecule has 0 bridgehead atoms. The number of piperazine rings is 1. The monoisotopic (exact) mass is 772 g/mol. The molecule has 290 valence electrons. The maximum Gasteiger partial charge on any atom is 0.410 e. The molecule has 6 rings (SSSR count). The summed E-state index contributed by atoms with van der Waals surface area (Å²) in [6.45, 7) is 9.76. The molecule has 13 nitrogen and oxygen atoms in total. The molecule has 0 aliphatic carbocycles. The lowest BCUT2D eigenvalue weighted by Gasteiger charge is -2.35. The third kappa shape index (κ3) is 9.32. The van der Waals surface area contributed by atoms with E-state index in [-0.39, 0.29) is 31.2 Å². The molecular weight excluding hydrogens is 730 g/mol. The van der Waals surface area contributed by atoms with Gasteiger partial charge >= 0.3 is 16.3 Å². The van der Waals surface area contributed by atoms with E-state index in [2.05, 4.69) is 14.9 Å². The zero-order chi connectivity index (χ0) is 38.6. The first-order valence-corrected chi connectivity index (χ1v) is 19.1. The van der Waals surface area contributed by atoms with Crippen molar-refractivity contribution < 1.29 is 45.4 Å².